The summed E-state index contributed by atoms with van der Waals surface area (Å²) in [6, 6.07) is 0. The third kappa shape index (κ3) is 2.31. The molecule has 0 unspecified atom stereocenters. The molecule has 0 bridgehead atoms. The van der Waals surface area contributed by atoms with E-state index in [9.17, 15) is 4.79 Å². The molecule has 2 rings (SSSR count). The maximum Gasteiger partial charge on any atom is 0.265 e. The summed E-state index contributed by atoms with van der Waals surface area (Å²) >= 11 is 1.34. The Morgan fingerprint density at radius 1 is 1.61 bits per heavy atom. The number of hydrogen-bond donors (Lipinski definition) is 2. The number of hydrogen-bond acceptors (Lipinski definition) is 5. The Kier molecular flexibility index (Phi) is 3.51. The Morgan fingerprint density at radius 3 is 2.78 bits per heavy atom. The first-order valence-electron chi connectivity index (χ1n) is 5.72. The highest BCUT2D eigenvalue weighted by molar-refractivity contribution is 7.11. The van der Waals surface area contributed by atoms with E-state index in [4.69, 9.17) is 10.9 Å². The van der Waals surface area contributed by atoms with E-state index in [2.05, 4.69) is 10.1 Å². The van der Waals surface area contributed by atoms with Crippen LogP contribution in [0.5, 0.6) is 0 Å². The highest BCUT2D eigenvalue weighted by Crippen LogP contribution is 2.31. The zero-order valence-corrected chi connectivity index (χ0v) is 11.0. The first-order valence-corrected chi connectivity index (χ1v) is 6.60. The Labute approximate surface area is 109 Å². The summed E-state index contributed by atoms with van der Waals surface area (Å²) in [5.41, 5.74) is 7.02. The van der Waals surface area contributed by atoms with Crippen LogP contribution in [0, 0.1) is 5.41 Å². The van der Waals surface area contributed by atoms with Crippen LogP contribution < -0.4 is 5.73 Å². The van der Waals surface area contributed by atoms with E-state index < -0.39 is 0 Å². The lowest BCUT2D eigenvalue weighted by atomic mass is 9.79. The molecule has 7 heteroatoms. The number of piperidine rings is 1. The van der Waals surface area contributed by atoms with Gasteiger partial charge in [0.1, 0.15) is 10.7 Å². The molecule has 1 amide bonds. The van der Waals surface area contributed by atoms with Gasteiger partial charge in [0.15, 0.2) is 0 Å². The minimum absolute atomic E-state index is 0.0130. The van der Waals surface area contributed by atoms with E-state index >= 15 is 0 Å². The van der Waals surface area contributed by atoms with Gasteiger partial charge in [0, 0.05) is 18.5 Å². The van der Waals surface area contributed by atoms with E-state index in [0.717, 1.165) is 0 Å². The predicted molar refractivity (Wildman–Crippen MR) is 68.8 cm³/mol. The fourth-order valence-corrected chi connectivity index (χ4v) is 2.64. The van der Waals surface area contributed by atoms with Gasteiger partial charge in [-0.15, -0.1) is 11.3 Å². The predicted octanol–water partition coefficient (Wildman–Crippen LogP) is 1.13. The molecule has 2 heterocycles. The van der Waals surface area contributed by atoms with Gasteiger partial charge in [0.2, 0.25) is 0 Å². The fraction of sp³-hybridized carbons (Fsp3) is 0.545. The summed E-state index contributed by atoms with van der Waals surface area (Å²) in [5, 5.41) is 11.8. The molecule has 1 aromatic heterocycles. The molecule has 98 valence electrons. The van der Waals surface area contributed by atoms with Crippen LogP contribution in [0.2, 0.25) is 0 Å². The van der Waals surface area contributed by atoms with Gasteiger partial charge < -0.3 is 15.8 Å². The lowest BCUT2D eigenvalue weighted by molar-refractivity contribution is 0.0671. The quantitative estimate of drug-likeness (QED) is 0.364. The van der Waals surface area contributed by atoms with Crippen molar-refractivity contribution in [1.82, 2.24) is 9.88 Å². The highest BCUT2D eigenvalue weighted by Gasteiger charge is 2.35. The van der Waals surface area contributed by atoms with E-state index in [-0.39, 0.29) is 17.2 Å². The van der Waals surface area contributed by atoms with Gasteiger partial charge in [-0.2, -0.15) is 0 Å². The van der Waals surface area contributed by atoms with Crippen LogP contribution in [-0.2, 0) is 0 Å². The third-order valence-electron chi connectivity index (χ3n) is 3.52. The van der Waals surface area contributed by atoms with Crippen molar-refractivity contribution in [3.8, 4) is 0 Å². The first kappa shape index (κ1) is 12.8. The van der Waals surface area contributed by atoms with Gasteiger partial charge in [-0.1, -0.05) is 12.1 Å². The van der Waals surface area contributed by atoms with Crippen molar-refractivity contribution in [2.45, 2.75) is 19.8 Å². The van der Waals surface area contributed by atoms with Crippen LogP contribution >= 0.6 is 11.3 Å². The molecule has 0 spiro atoms. The van der Waals surface area contributed by atoms with Crippen molar-refractivity contribution >= 4 is 23.1 Å². The summed E-state index contributed by atoms with van der Waals surface area (Å²) in [7, 11) is 0. The van der Waals surface area contributed by atoms with Gasteiger partial charge in [0.05, 0.1) is 11.7 Å². The number of carbonyl (C=O) groups is 1. The smallest absolute Gasteiger partial charge is 0.265 e. The Bertz CT molecular complexity index is 450. The van der Waals surface area contributed by atoms with Crippen LogP contribution in [-0.4, -0.2) is 39.9 Å². The number of carbonyl (C=O) groups excluding carboxylic acids is 1. The van der Waals surface area contributed by atoms with Crippen LogP contribution in [0.4, 0.5) is 0 Å². The van der Waals surface area contributed by atoms with Gasteiger partial charge >= 0.3 is 0 Å². The number of amides is 1. The molecule has 1 aliphatic rings. The molecular weight excluding hydrogens is 252 g/mol. The molecule has 0 saturated carbocycles. The molecular formula is C11H16N4O2S. The van der Waals surface area contributed by atoms with Crippen LogP contribution in [0.1, 0.15) is 29.4 Å². The summed E-state index contributed by atoms with van der Waals surface area (Å²) in [6.07, 6.45) is 2.99. The topological polar surface area (TPSA) is 91.8 Å². The largest absolute Gasteiger partial charge is 0.409 e. The number of nitrogens with two attached hydrogens (primary N) is 1. The van der Waals surface area contributed by atoms with Crippen molar-refractivity contribution in [3.63, 3.8) is 0 Å². The fourth-order valence-electron chi connectivity index (χ4n) is 2.06. The minimum Gasteiger partial charge on any atom is -0.409 e. The van der Waals surface area contributed by atoms with Crippen molar-refractivity contribution in [2.24, 2.45) is 16.3 Å². The normalized spacial score (nSPS) is 19.8. The second kappa shape index (κ2) is 4.93. The van der Waals surface area contributed by atoms with Gasteiger partial charge in [-0.05, 0) is 12.8 Å². The minimum atomic E-state index is -0.320. The number of likely N-dealkylation sites (tertiary alicyclic amines) is 1. The number of aromatic nitrogens is 1. The SMILES string of the molecule is CC1(C(N)=NO)CCN(C(=O)c2cncs2)CC1. The lowest BCUT2D eigenvalue weighted by Crippen LogP contribution is -2.47. The number of oxime groups is 1. The van der Waals surface area contributed by atoms with Crippen LogP contribution in [0.25, 0.3) is 0 Å². The molecule has 1 saturated heterocycles. The second-order valence-corrected chi connectivity index (χ2v) is 5.59. The van der Waals surface area contributed by atoms with Gasteiger partial charge in [0.25, 0.3) is 5.91 Å². The van der Waals surface area contributed by atoms with Crippen molar-refractivity contribution in [3.05, 3.63) is 16.6 Å². The number of thiazole rings is 1. The molecule has 3 N–H and O–H groups in total. The average molecular weight is 268 g/mol. The summed E-state index contributed by atoms with van der Waals surface area (Å²) in [5.74, 6) is 0.256. The highest BCUT2D eigenvalue weighted by atomic mass is 32.1. The summed E-state index contributed by atoms with van der Waals surface area (Å²) in [4.78, 5) is 18.5. The van der Waals surface area contributed by atoms with Gasteiger partial charge in [-0.3, -0.25) is 9.78 Å². The molecule has 0 aromatic carbocycles. The van der Waals surface area contributed by atoms with E-state index in [1.165, 1.54) is 11.3 Å². The monoisotopic (exact) mass is 268 g/mol. The maximum atomic E-state index is 12.1. The Hall–Kier alpha value is -1.63. The summed E-state index contributed by atoms with van der Waals surface area (Å²) < 4.78 is 0. The lowest BCUT2D eigenvalue weighted by Gasteiger charge is -2.38. The van der Waals surface area contributed by atoms with Gasteiger partial charge in [-0.25, -0.2) is 0 Å². The third-order valence-corrected chi connectivity index (χ3v) is 4.28. The number of nitrogens with zero attached hydrogens (tertiary/aromatic N) is 3. The zero-order chi connectivity index (χ0) is 13.2. The molecule has 1 fully saturated rings. The van der Waals surface area contributed by atoms with Crippen molar-refractivity contribution < 1.29 is 10.0 Å². The van der Waals surface area contributed by atoms with Crippen molar-refractivity contribution in [2.75, 3.05) is 13.1 Å². The average Bonchev–Trinajstić information content (AvgIpc) is 2.91. The molecule has 1 aromatic rings. The van der Waals surface area contributed by atoms with Crippen LogP contribution in [0.3, 0.4) is 0 Å². The van der Waals surface area contributed by atoms with Crippen molar-refractivity contribution in [1.29, 1.82) is 0 Å². The van der Waals surface area contributed by atoms with Crippen LogP contribution in [0.15, 0.2) is 16.9 Å². The summed E-state index contributed by atoms with van der Waals surface area (Å²) in [6.45, 7) is 3.18. The molecule has 18 heavy (non-hydrogen) atoms. The molecule has 0 atom stereocenters. The van der Waals surface area contributed by atoms with E-state index in [1.54, 1.807) is 16.6 Å². The number of amidine groups is 1. The Balaban J connectivity index is 2.01. The molecule has 1 aliphatic heterocycles. The standard InChI is InChI=1S/C11H16N4O2S/c1-11(10(12)14-17)2-4-15(5-3-11)9(16)8-6-13-7-18-8/h6-7,17H,2-5H2,1H3,(H2,12,14). The molecule has 6 nitrogen and oxygen atoms in total. The van der Waals surface area contributed by atoms with E-state index in [1.807, 2.05) is 6.92 Å². The first-order chi connectivity index (χ1) is 8.57. The second-order valence-electron chi connectivity index (χ2n) is 4.70. The zero-order valence-electron chi connectivity index (χ0n) is 10.2. The maximum absolute atomic E-state index is 12.1. The van der Waals surface area contributed by atoms with E-state index in [0.29, 0.717) is 30.8 Å². The Morgan fingerprint density at radius 2 is 2.28 bits per heavy atom. The molecule has 0 radical (unpaired) electrons. The molecule has 0 aliphatic carbocycles. The number of rotatable bonds is 2.